The highest BCUT2D eigenvalue weighted by atomic mass is 16.5. The predicted octanol–water partition coefficient (Wildman–Crippen LogP) is 2.32. The van der Waals surface area contributed by atoms with Gasteiger partial charge < -0.3 is 9.47 Å². The van der Waals surface area contributed by atoms with E-state index in [0.717, 1.165) is 17.6 Å². The lowest BCUT2D eigenvalue weighted by molar-refractivity contribution is -0.146. The molecule has 0 radical (unpaired) electrons. The first-order valence-corrected chi connectivity index (χ1v) is 7.94. The molecule has 0 aromatic heterocycles. The molecule has 0 unspecified atom stereocenters. The Morgan fingerprint density at radius 2 is 1.83 bits per heavy atom. The summed E-state index contributed by atoms with van der Waals surface area (Å²) in [6, 6.07) is 9.57. The third-order valence-electron chi connectivity index (χ3n) is 3.77. The molecule has 1 aliphatic heterocycles. The number of carbonyl (C=O) groups excluding carboxylic acids is 2. The quantitative estimate of drug-likeness (QED) is 0.722. The van der Waals surface area contributed by atoms with Crippen LogP contribution in [0.15, 0.2) is 41.5 Å². The molecule has 1 aromatic carbocycles. The van der Waals surface area contributed by atoms with E-state index in [2.05, 4.69) is 0 Å². The molecule has 1 heterocycles. The smallest absolute Gasteiger partial charge is 0.335 e. The van der Waals surface area contributed by atoms with Gasteiger partial charge in [0.2, 0.25) is 0 Å². The number of esters is 2. The van der Waals surface area contributed by atoms with E-state index in [4.69, 9.17) is 9.47 Å². The van der Waals surface area contributed by atoms with Crippen molar-refractivity contribution in [2.45, 2.75) is 26.9 Å². The van der Waals surface area contributed by atoms with Crippen LogP contribution >= 0.6 is 0 Å². The molecule has 0 atom stereocenters. The van der Waals surface area contributed by atoms with Gasteiger partial charge in [-0.1, -0.05) is 37.3 Å². The average Bonchev–Trinajstić information content (AvgIpc) is 2.97. The minimum absolute atomic E-state index is 0.180. The van der Waals surface area contributed by atoms with E-state index in [9.17, 15) is 9.59 Å². The Bertz CT molecular complexity index is 580. The largest absolute Gasteiger partial charge is 0.463 e. The Labute approximate surface area is 136 Å². The highest BCUT2D eigenvalue weighted by Gasteiger charge is 2.28. The van der Waals surface area contributed by atoms with Crippen molar-refractivity contribution in [3.63, 3.8) is 0 Å². The van der Waals surface area contributed by atoms with E-state index in [1.165, 1.54) is 0 Å². The van der Waals surface area contributed by atoms with Gasteiger partial charge in [0.25, 0.3) is 0 Å². The van der Waals surface area contributed by atoms with Gasteiger partial charge in [-0.05, 0) is 24.5 Å². The minimum Gasteiger partial charge on any atom is -0.463 e. The first-order valence-electron chi connectivity index (χ1n) is 7.94. The van der Waals surface area contributed by atoms with Crippen molar-refractivity contribution in [2.75, 3.05) is 26.2 Å². The van der Waals surface area contributed by atoms with Crippen LogP contribution in [0.4, 0.5) is 0 Å². The van der Waals surface area contributed by atoms with Crippen molar-refractivity contribution in [1.29, 1.82) is 0 Å². The van der Waals surface area contributed by atoms with Crippen molar-refractivity contribution >= 4 is 11.9 Å². The standard InChI is InChI=1S/C18H23NO4/c1-3-15-10-19(11-16(15)18(21)22-4-2)12-17(20)23-13-14-8-6-5-7-9-14/h5-9H,3-4,10-13H2,1-2H3. The summed E-state index contributed by atoms with van der Waals surface area (Å²) in [4.78, 5) is 25.8. The van der Waals surface area contributed by atoms with E-state index < -0.39 is 0 Å². The lowest BCUT2D eigenvalue weighted by Crippen LogP contribution is -2.30. The Morgan fingerprint density at radius 3 is 2.48 bits per heavy atom. The van der Waals surface area contributed by atoms with Crippen molar-refractivity contribution in [3.05, 3.63) is 47.0 Å². The van der Waals surface area contributed by atoms with Gasteiger partial charge in [0.05, 0.1) is 18.7 Å². The molecule has 0 bridgehead atoms. The maximum absolute atomic E-state index is 12.0. The molecular weight excluding hydrogens is 294 g/mol. The summed E-state index contributed by atoms with van der Waals surface area (Å²) in [6.45, 7) is 5.67. The van der Waals surface area contributed by atoms with Gasteiger partial charge in [0.1, 0.15) is 6.61 Å². The van der Waals surface area contributed by atoms with Crippen molar-refractivity contribution in [1.82, 2.24) is 4.90 Å². The lowest BCUT2D eigenvalue weighted by Gasteiger charge is -2.15. The van der Waals surface area contributed by atoms with Gasteiger partial charge in [0, 0.05) is 13.1 Å². The number of carbonyl (C=O) groups is 2. The van der Waals surface area contributed by atoms with E-state index >= 15 is 0 Å². The summed E-state index contributed by atoms with van der Waals surface area (Å²) in [5.74, 6) is -0.557. The SMILES string of the molecule is CCOC(=O)C1=C(CC)CN(CC(=O)OCc2ccccc2)C1. The maximum Gasteiger partial charge on any atom is 0.335 e. The second kappa shape index (κ2) is 8.48. The Morgan fingerprint density at radius 1 is 1.09 bits per heavy atom. The molecule has 0 aliphatic carbocycles. The zero-order valence-electron chi connectivity index (χ0n) is 13.7. The molecule has 0 saturated carbocycles. The van der Waals surface area contributed by atoms with Crippen LogP contribution in [0.3, 0.4) is 0 Å². The summed E-state index contributed by atoms with van der Waals surface area (Å²) in [6.07, 6.45) is 0.781. The highest BCUT2D eigenvalue weighted by molar-refractivity contribution is 5.90. The van der Waals surface area contributed by atoms with Crippen LogP contribution in [0.25, 0.3) is 0 Å². The van der Waals surface area contributed by atoms with Gasteiger partial charge in [0.15, 0.2) is 0 Å². The van der Waals surface area contributed by atoms with E-state index in [0.29, 0.717) is 25.3 Å². The van der Waals surface area contributed by atoms with E-state index in [1.807, 2.05) is 42.2 Å². The molecule has 5 heteroatoms. The minimum atomic E-state index is -0.283. The van der Waals surface area contributed by atoms with Gasteiger partial charge in [-0.25, -0.2) is 4.79 Å². The number of hydrogen-bond donors (Lipinski definition) is 0. The Hall–Kier alpha value is -2.14. The monoisotopic (exact) mass is 317 g/mol. The Kier molecular flexibility index (Phi) is 6.35. The molecule has 0 fully saturated rings. The Balaban J connectivity index is 1.83. The van der Waals surface area contributed by atoms with E-state index in [1.54, 1.807) is 6.92 Å². The van der Waals surface area contributed by atoms with E-state index in [-0.39, 0.29) is 25.1 Å². The number of rotatable bonds is 7. The van der Waals surface area contributed by atoms with Crippen molar-refractivity contribution < 1.29 is 19.1 Å². The molecule has 1 aliphatic rings. The molecule has 124 valence electrons. The molecular formula is C18H23NO4. The van der Waals surface area contributed by atoms with Gasteiger partial charge in [-0.3, -0.25) is 9.69 Å². The van der Waals surface area contributed by atoms with Crippen LogP contribution in [0, 0.1) is 0 Å². The molecule has 2 rings (SSSR count). The second-order valence-corrected chi connectivity index (χ2v) is 5.45. The third kappa shape index (κ3) is 4.93. The number of ether oxygens (including phenoxy) is 2. The zero-order valence-corrected chi connectivity index (χ0v) is 13.7. The van der Waals surface area contributed by atoms with Crippen LogP contribution in [-0.2, 0) is 25.7 Å². The van der Waals surface area contributed by atoms with Gasteiger partial charge in [-0.2, -0.15) is 0 Å². The van der Waals surface area contributed by atoms with Crippen LogP contribution in [-0.4, -0.2) is 43.1 Å². The third-order valence-corrected chi connectivity index (χ3v) is 3.77. The lowest BCUT2D eigenvalue weighted by atomic mass is 10.1. The maximum atomic E-state index is 12.0. The summed E-state index contributed by atoms with van der Waals surface area (Å²) in [5, 5.41) is 0. The van der Waals surface area contributed by atoms with Crippen LogP contribution in [0.5, 0.6) is 0 Å². The van der Waals surface area contributed by atoms with Crippen molar-refractivity contribution in [2.24, 2.45) is 0 Å². The molecule has 0 saturated heterocycles. The molecule has 5 nitrogen and oxygen atoms in total. The summed E-state index contributed by atoms with van der Waals surface area (Å²) >= 11 is 0. The normalized spacial score (nSPS) is 14.9. The van der Waals surface area contributed by atoms with Crippen molar-refractivity contribution in [3.8, 4) is 0 Å². The van der Waals surface area contributed by atoms with Gasteiger partial charge in [-0.15, -0.1) is 0 Å². The van der Waals surface area contributed by atoms with Crippen LogP contribution < -0.4 is 0 Å². The van der Waals surface area contributed by atoms with Crippen LogP contribution in [0.2, 0.25) is 0 Å². The average molecular weight is 317 g/mol. The fraction of sp³-hybridized carbons (Fsp3) is 0.444. The number of nitrogens with zero attached hydrogens (tertiary/aromatic N) is 1. The summed E-state index contributed by atoms with van der Waals surface area (Å²) < 4.78 is 10.4. The molecule has 0 spiro atoms. The highest BCUT2D eigenvalue weighted by Crippen LogP contribution is 2.21. The van der Waals surface area contributed by atoms with Crippen LogP contribution in [0.1, 0.15) is 25.8 Å². The van der Waals surface area contributed by atoms with Gasteiger partial charge >= 0.3 is 11.9 Å². The molecule has 1 aromatic rings. The summed E-state index contributed by atoms with van der Waals surface area (Å²) in [5.41, 5.74) is 2.69. The second-order valence-electron chi connectivity index (χ2n) is 5.45. The molecule has 23 heavy (non-hydrogen) atoms. The molecule has 0 N–H and O–H groups in total. The number of hydrogen-bond acceptors (Lipinski definition) is 5. The fourth-order valence-corrected chi connectivity index (χ4v) is 2.59. The summed E-state index contributed by atoms with van der Waals surface area (Å²) in [7, 11) is 0. The predicted molar refractivity (Wildman–Crippen MR) is 86.6 cm³/mol. The first-order chi connectivity index (χ1) is 11.1. The zero-order chi connectivity index (χ0) is 16.7. The molecule has 0 amide bonds. The fourth-order valence-electron chi connectivity index (χ4n) is 2.59. The topological polar surface area (TPSA) is 55.8 Å². The first kappa shape index (κ1) is 17.2. The number of benzene rings is 1.